The molecule has 0 aromatic carbocycles. The Kier molecular flexibility index (Phi) is 5.71. The van der Waals surface area contributed by atoms with Crippen molar-refractivity contribution in [3.05, 3.63) is 22.4 Å². The quantitative estimate of drug-likeness (QED) is 0.759. The van der Waals surface area contributed by atoms with Gasteiger partial charge in [0.1, 0.15) is 0 Å². The Hall–Kier alpha value is -1.00. The van der Waals surface area contributed by atoms with Crippen LogP contribution in [0.4, 0.5) is 5.13 Å². The van der Waals surface area contributed by atoms with Gasteiger partial charge in [-0.1, -0.05) is 0 Å². The Balaban J connectivity index is 2.07. The van der Waals surface area contributed by atoms with Crippen LogP contribution in [0.2, 0.25) is 0 Å². The van der Waals surface area contributed by atoms with E-state index in [-0.39, 0.29) is 12.4 Å². The SMILES string of the molecule is COCCS(=O)(=O)Nc1nc(-c2ccc(CCN)s2)cs1. The van der Waals surface area contributed by atoms with Crippen LogP contribution in [0, 0.1) is 0 Å². The molecule has 0 aliphatic heterocycles. The molecule has 0 aliphatic rings. The van der Waals surface area contributed by atoms with E-state index >= 15 is 0 Å². The van der Waals surface area contributed by atoms with Crippen LogP contribution < -0.4 is 10.5 Å². The van der Waals surface area contributed by atoms with E-state index in [4.69, 9.17) is 10.5 Å². The Labute approximate surface area is 132 Å². The first-order chi connectivity index (χ1) is 10.0. The van der Waals surface area contributed by atoms with E-state index in [0.717, 1.165) is 17.0 Å². The van der Waals surface area contributed by atoms with Gasteiger partial charge >= 0.3 is 0 Å². The first-order valence-electron chi connectivity index (χ1n) is 6.28. The number of aromatic nitrogens is 1. The number of nitrogens with one attached hydrogen (secondary N) is 1. The fourth-order valence-corrected chi connectivity index (χ4v) is 4.59. The normalized spacial score (nSPS) is 11.7. The van der Waals surface area contributed by atoms with E-state index < -0.39 is 10.0 Å². The number of methoxy groups -OCH3 is 1. The molecule has 0 amide bonds. The summed E-state index contributed by atoms with van der Waals surface area (Å²) in [6.07, 6.45) is 0.839. The molecular formula is C12H17N3O3S3. The number of rotatable bonds is 8. The van der Waals surface area contributed by atoms with Crippen LogP contribution >= 0.6 is 22.7 Å². The van der Waals surface area contributed by atoms with E-state index in [1.165, 1.54) is 23.3 Å². The summed E-state index contributed by atoms with van der Waals surface area (Å²) in [6, 6.07) is 4.00. The van der Waals surface area contributed by atoms with Crippen LogP contribution in [0.1, 0.15) is 4.88 Å². The van der Waals surface area contributed by atoms with Gasteiger partial charge in [0.2, 0.25) is 10.0 Å². The lowest BCUT2D eigenvalue weighted by Gasteiger charge is -2.03. The zero-order valence-corrected chi connectivity index (χ0v) is 14.0. The molecule has 116 valence electrons. The summed E-state index contributed by atoms with van der Waals surface area (Å²) in [5, 5.41) is 2.21. The van der Waals surface area contributed by atoms with E-state index in [1.54, 1.807) is 11.3 Å². The average molecular weight is 347 g/mol. The lowest BCUT2D eigenvalue weighted by Crippen LogP contribution is -2.19. The molecular weight excluding hydrogens is 330 g/mol. The first-order valence-corrected chi connectivity index (χ1v) is 9.63. The number of sulfonamides is 1. The van der Waals surface area contributed by atoms with E-state index in [2.05, 4.69) is 9.71 Å². The number of nitrogens with zero attached hydrogens (tertiary/aromatic N) is 1. The van der Waals surface area contributed by atoms with Crippen LogP contribution in [0.5, 0.6) is 0 Å². The third-order valence-corrected chi connectivity index (χ3v) is 5.87. The van der Waals surface area contributed by atoms with Crippen molar-refractivity contribution in [3.8, 4) is 10.6 Å². The monoisotopic (exact) mass is 347 g/mol. The lowest BCUT2D eigenvalue weighted by atomic mass is 10.3. The number of ether oxygens (including phenoxy) is 1. The van der Waals surface area contributed by atoms with Gasteiger partial charge in [-0.25, -0.2) is 13.4 Å². The zero-order valence-electron chi connectivity index (χ0n) is 11.5. The Morgan fingerprint density at radius 3 is 2.95 bits per heavy atom. The van der Waals surface area contributed by atoms with Crippen molar-refractivity contribution in [1.29, 1.82) is 0 Å². The third kappa shape index (κ3) is 4.75. The van der Waals surface area contributed by atoms with Gasteiger partial charge in [-0.15, -0.1) is 22.7 Å². The van der Waals surface area contributed by atoms with Crippen molar-refractivity contribution < 1.29 is 13.2 Å². The summed E-state index contributed by atoms with van der Waals surface area (Å²) in [7, 11) is -1.94. The maximum absolute atomic E-state index is 11.8. The van der Waals surface area contributed by atoms with Crippen LogP contribution in [0.3, 0.4) is 0 Å². The highest BCUT2D eigenvalue weighted by molar-refractivity contribution is 7.92. The molecule has 0 radical (unpaired) electrons. The largest absolute Gasteiger partial charge is 0.384 e. The smallest absolute Gasteiger partial charge is 0.236 e. The highest BCUT2D eigenvalue weighted by Gasteiger charge is 2.14. The minimum Gasteiger partial charge on any atom is -0.384 e. The number of hydrogen-bond acceptors (Lipinski definition) is 7. The van der Waals surface area contributed by atoms with Crippen molar-refractivity contribution in [1.82, 2.24) is 4.98 Å². The van der Waals surface area contributed by atoms with Gasteiger partial charge in [0, 0.05) is 17.4 Å². The van der Waals surface area contributed by atoms with Gasteiger partial charge < -0.3 is 10.5 Å². The molecule has 0 saturated heterocycles. The van der Waals surface area contributed by atoms with Crippen LogP contribution in [-0.2, 0) is 21.2 Å². The van der Waals surface area contributed by atoms with Crippen molar-refractivity contribution in [2.45, 2.75) is 6.42 Å². The molecule has 0 bridgehead atoms. The number of thiophene rings is 1. The Morgan fingerprint density at radius 1 is 1.43 bits per heavy atom. The second-order valence-corrected chi connectivity index (χ2v) is 8.12. The highest BCUT2D eigenvalue weighted by Crippen LogP contribution is 2.31. The summed E-state index contributed by atoms with van der Waals surface area (Å²) in [6.45, 7) is 0.766. The van der Waals surface area contributed by atoms with E-state index in [9.17, 15) is 8.42 Å². The molecule has 0 spiro atoms. The fourth-order valence-electron chi connectivity index (χ4n) is 1.60. The van der Waals surface area contributed by atoms with Crippen LogP contribution in [-0.4, -0.2) is 39.4 Å². The predicted molar refractivity (Wildman–Crippen MR) is 87.5 cm³/mol. The maximum atomic E-state index is 11.8. The number of hydrogen-bond donors (Lipinski definition) is 2. The van der Waals surface area contributed by atoms with Crippen molar-refractivity contribution in [2.75, 3.05) is 30.7 Å². The van der Waals surface area contributed by atoms with E-state index in [0.29, 0.717) is 11.7 Å². The molecule has 6 nitrogen and oxygen atoms in total. The first kappa shape index (κ1) is 16.4. The van der Waals surface area contributed by atoms with Crippen LogP contribution in [0.25, 0.3) is 10.6 Å². The summed E-state index contributed by atoms with van der Waals surface area (Å²) in [5.41, 5.74) is 6.30. The molecule has 2 heterocycles. The van der Waals surface area contributed by atoms with Gasteiger partial charge in [0.05, 0.1) is 22.9 Å². The molecule has 9 heteroatoms. The molecule has 2 aromatic rings. The molecule has 0 fully saturated rings. The summed E-state index contributed by atoms with van der Waals surface area (Å²) >= 11 is 2.89. The topological polar surface area (TPSA) is 94.3 Å². The number of thiazole rings is 1. The summed E-state index contributed by atoms with van der Waals surface area (Å²) in [4.78, 5) is 6.52. The molecule has 0 saturated carbocycles. The molecule has 0 atom stereocenters. The Bertz CT molecular complexity index is 679. The highest BCUT2D eigenvalue weighted by atomic mass is 32.2. The zero-order chi connectivity index (χ0) is 15.3. The number of nitrogens with two attached hydrogens (primary N) is 1. The number of anilines is 1. The van der Waals surface area contributed by atoms with E-state index in [1.807, 2.05) is 17.5 Å². The van der Waals surface area contributed by atoms with Gasteiger partial charge in [-0.2, -0.15) is 0 Å². The molecule has 2 aromatic heterocycles. The Morgan fingerprint density at radius 2 is 2.24 bits per heavy atom. The third-order valence-electron chi connectivity index (χ3n) is 2.61. The minimum atomic E-state index is -3.41. The summed E-state index contributed by atoms with van der Waals surface area (Å²) < 4.78 is 30.7. The second-order valence-electron chi connectivity index (χ2n) is 4.26. The standard InChI is InChI=1S/C12H17N3O3S3/c1-18-6-7-21(16,17)15-12-14-10(8-19-12)11-3-2-9(20-11)4-5-13/h2-3,8H,4-7,13H2,1H3,(H,14,15). The fraction of sp³-hybridized carbons (Fsp3) is 0.417. The molecule has 21 heavy (non-hydrogen) atoms. The van der Waals surface area contributed by atoms with Gasteiger partial charge in [0.15, 0.2) is 5.13 Å². The molecule has 3 N–H and O–H groups in total. The van der Waals surface area contributed by atoms with Crippen LogP contribution in [0.15, 0.2) is 17.5 Å². The average Bonchev–Trinajstić information content (AvgIpc) is 3.05. The van der Waals surface area contributed by atoms with Gasteiger partial charge in [-0.05, 0) is 25.1 Å². The molecule has 0 aliphatic carbocycles. The molecule has 2 rings (SSSR count). The van der Waals surface area contributed by atoms with Crippen molar-refractivity contribution in [3.63, 3.8) is 0 Å². The van der Waals surface area contributed by atoms with Gasteiger partial charge in [-0.3, -0.25) is 4.72 Å². The van der Waals surface area contributed by atoms with Gasteiger partial charge in [0.25, 0.3) is 0 Å². The van der Waals surface area contributed by atoms with Crippen molar-refractivity contribution >= 4 is 37.8 Å². The predicted octanol–water partition coefficient (Wildman–Crippen LogP) is 1.76. The van der Waals surface area contributed by atoms with Crippen molar-refractivity contribution in [2.24, 2.45) is 5.73 Å². The molecule has 0 unspecified atom stereocenters. The second kappa shape index (κ2) is 7.32. The summed E-state index contributed by atoms with van der Waals surface area (Å²) in [5.74, 6) is -0.0853. The minimum absolute atomic E-state index is 0.0853. The lowest BCUT2D eigenvalue weighted by molar-refractivity contribution is 0.217. The maximum Gasteiger partial charge on any atom is 0.236 e.